The minimum absolute atomic E-state index is 0.222. The zero-order valence-electron chi connectivity index (χ0n) is 5.92. The van der Waals surface area contributed by atoms with Crippen LogP contribution in [0.1, 0.15) is 6.92 Å². The molecule has 58 valence electrons. The zero-order valence-corrected chi connectivity index (χ0v) is 7.56. The molecule has 0 aromatic carbocycles. The van der Waals surface area contributed by atoms with Crippen LogP contribution in [0.25, 0.3) is 0 Å². The molecule has 2 nitrogen and oxygen atoms in total. The average Bonchev–Trinajstić information content (AvgIpc) is 2.38. The largest absolute Gasteiger partial charge is 0.356 e. The molecule has 0 radical (unpaired) electrons. The Balaban J connectivity index is 2.25. The highest BCUT2D eigenvalue weighted by Crippen LogP contribution is 2.34. The maximum Gasteiger partial charge on any atom is 0.224 e. The van der Waals surface area contributed by atoms with Gasteiger partial charge in [0.25, 0.3) is 0 Å². The summed E-state index contributed by atoms with van der Waals surface area (Å²) in [5.41, 5.74) is 0. The van der Waals surface area contributed by atoms with Crippen molar-refractivity contribution in [3.63, 3.8) is 0 Å². The summed E-state index contributed by atoms with van der Waals surface area (Å²) >= 11 is 0. The molecule has 0 spiro atoms. The van der Waals surface area contributed by atoms with E-state index < -0.39 is 0 Å². The summed E-state index contributed by atoms with van der Waals surface area (Å²) in [4.78, 5) is 11.1. The van der Waals surface area contributed by atoms with Gasteiger partial charge in [0, 0.05) is 18.1 Å². The van der Waals surface area contributed by atoms with Crippen molar-refractivity contribution in [1.82, 2.24) is 5.32 Å². The van der Waals surface area contributed by atoms with Crippen LogP contribution in [-0.4, -0.2) is 24.0 Å². The summed E-state index contributed by atoms with van der Waals surface area (Å²) in [6.45, 7) is 2.71. The predicted octanol–water partition coefficient (Wildman–Crippen LogP) is 1.13. The molecular weight excluding hydrogens is 166 g/mol. The van der Waals surface area contributed by atoms with E-state index >= 15 is 0 Å². The second-order valence-corrected chi connectivity index (χ2v) is 4.71. The van der Waals surface area contributed by atoms with Crippen LogP contribution in [0.2, 0.25) is 0 Å². The highest BCUT2D eigenvalue weighted by molar-refractivity contribution is 8.77. The molecule has 1 rings (SSSR count). The topological polar surface area (TPSA) is 29.1 Å². The van der Waals surface area contributed by atoms with Crippen molar-refractivity contribution < 1.29 is 4.79 Å². The lowest BCUT2D eigenvalue weighted by atomic mass is 10.2. The first-order valence-electron chi connectivity index (χ1n) is 3.36. The smallest absolute Gasteiger partial charge is 0.224 e. The molecule has 1 heterocycles. The molecule has 0 bridgehead atoms. The Hall–Kier alpha value is 0.170. The molecule has 0 atom stereocenters. The quantitative estimate of drug-likeness (QED) is 0.641. The van der Waals surface area contributed by atoms with Crippen LogP contribution >= 0.6 is 21.6 Å². The minimum Gasteiger partial charge on any atom is -0.356 e. The van der Waals surface area contributed by atoms with Crippen molar-refractivity contribution in [2.45, 2.75) is 6.92 Å². The van der Waals surface area contributed by atoms with E-state index in [9.17, 15) is 4.79 Å². The van der Waals surface area contributed by atoms with Gasteiger partial charge in [-0.05, 0) is 6.92 Å². The Bertz CT molecular complexity index is 123. The second kappa shape index (κ2) is 4.13. The highest BCUT2D eigenvalue weighted by Gasteiger charge is 2.22. The van der Waals surface area contributed by atoms with Crippen LogP contribution in [0.4, 0.5) is 0 Å². The van der Waals surface area contributed by atoms with Gasteiger partial charge in [-0.25, -0.2) is 0 Å². The van der Waals surface area contributed by atoms with Gasteiger partial charge in [0.1, 0.15) is 0 Å². The first kappa shape index (κ1) is 8.27. The zero-order chi connectivity index (χ0) is 7.40. The number of hydrogen-bond acceptors (Lipinski definition) is 3. The van der Waals surface area contributed by atoms with Gasteiger partial charge in [0.2, 0.25) is 5.91 Å². The van der Waals surface area contributed by atoms with E-state index in [2.05, 4.69) is 5.32 Å². The normalized spacial score (nSPS) is 19.3. The summed E-state index contributed by atoms with van der Waals surface area (Å²) < 4.78 is 0. The van der Waals surface area contributed by atoms with E-state index in [1.165, 1.54) is 0 Å². The molecule has 0 aliphatic carbocycles. The monoisotopic (exact) mass is 177 g/mol. The number of nitrogens with one attached hydrogen (secondary N) is 1. The van der Waals surface area contributed by atoms with Gasteiger partial charge in [0.15, 0.2) is 0 Å². The second-order valence-electron chi connectivity index (χ2n) is 2.16. The van der Waals surface area contributed by atoms with Gasteiger partial charge >= 0.3 is 0 Å². The van der Waals surface area contributed by atoms with E-state index in [1.54, 1.807) is 21.6 Å². The SMILES string of the molecule is CCNC(=O)C1CSSC1. The molecular formula is C6H11NOS2. The lowest BCUT2D eigenvalue weighted by molar-refractivity contribution is -0.123. The summed E-state index contributed by atoms with van der Waals surface area (Å²) in [5.74, 6) is 2.45. The molecule has 0 saturated carbocycles. The summed E-state index contributed by atoms with van der Waals surface area (Å²) in [6, 6.07) is 0. The molecule has 4 heteroatoms. The fourth-order valence-electron chi connectivity index (χ4n) is 0.779. The summed E-state index contributed by atoms with van der Waals surface area (Å²) in [5, 5.41) is 2.82. The van der Waals surface area contributed by atoms with Crippen LogP contribution < -0.4 is 5.32 Å². The van der Waals surface area contributed by atoms with Gasteiger partial charge in [-0.1, -0.05) is 21.6 Å². The van der Waals surface area contributed by atoms with Crippen molar-refractivity contribution in [3.8, 4) is 0 Å². The van der Waals surface area contributed by atoms with Gasteiger partial charge < -0.3 is 5.32 Å². The third-order valence-corrected chi connectivity index (χ3v) is 3.90. The van der Waals surface area contributed by atoms with E-state index in [-0.39, 0.29) is 11.8 Å². The molecule has 1 fully saturated rings. The van der Waals surface area contributed by atoms with E-state index in [1.807, 2.05) is 6.92 Å². The Morgan fingerprint density at radius 1 is 1.60 bits per heavy atom. The fraction of sp³-hybridized carbons (Fsp3) is 0.833. The van der Waals surface area contributed by atoms with E-state index in [0.29, 0.717) is 0 Å². The third kappa shape index (κ3) is 2.09. The summed E-state index contributed by atoms with van der Waals surface area (Å²) in [6.07, 6.45) is 0. The highest BCUT2D eigenvalue weighted by atomic mass is 33.1. The van der Waals surface area contributed by atoms with Crippen LogP contribution in [0, 0.1) is 5.92 Å². The van der Waals surface area contributed by atoms with E-state index in [0.717, 1.165) is 18.1 Å². The Kier molecular flexibility index (Phi) is 3.42. The molecule has 1 aliphatic heterocycles. The maximum absolute atomic E-state index is 11.1. The third-order valence-electron chi connectivity index (χ3n) is 1.34. The molecule has 0 unspecified atom stereocenters. The standard InChI is InChI=1S/C6H11NOS2/c1-2-7-6(8)5-3-9-10-4-5/h5H,2-4H2,1H3,(H,7,8). The molecule has 1 N–H and O–H groups in total. The number of rotatable bonds is 2. The molecule has 0 aromatic heterocycles. The Morgan fingerprint density at radius 2 is 2.20 bits per heavy atom. The van der Waals surface area contributed by atoms with Gasteiger partial charge in [0.05, 0.1) is 5.92 Å². The Labute approximate surface area is 68.9 Å². The van der Waals surface area contributed by atoms with Crippen molar-refractivity contribution in [1.29, 1.82) is 0 Å². The van der Waals surface area contributed by atoms with Crippen molar-refractivity contribution in [2.24, 2.45) is 5.92 Å². The maximum atomic E-state index is 11.1. The average molecular weight is 177 g/mol. The lowest BCUT2D eigenvalue weighted by Gasteiger charge is -2.05. The summed E-state index contributed by atoms with van der Waals surface area (Å²) in [7, 11) is 3.58. The van der Waals surface area contributed by atoms with Crippen LogP contribution in [0.15, 0.2) is 0 Å². The molecule has 0 aromatic rings. The number of amides is 1. The first-order chi connectivity index (χ1) is 4.84. The number of carbonyl (C=O) groups is 1. The van der Waals surface area contributed by atoms with Crippen LogP contribution in [-0.2, 0) is 4.79 Å². The van der Waals surface area contributed by atoms with Crippen molar-refractivity contribution in [2.75, 3.05) is 18.1 Å². The predicted molar refractivity (Wildman–Crippen MR) is 47.1 cm³/mol. The molecule has 10 heavy (non-hydrogen) atoms. The molecule has 1 aliphatic rings. The van der Waals surface area contributed by atoms with Crippen LogP contribution in [0.5, 0.6) is 0 Å². The first-order valence-corrected chi connectivity index (χ1v) is 5.85. The van der Waals surface area contributed by atoms with E-state index in [4.69, 9.17) is 0 Å². The minimum atomic E-state index is 0.222. The number of hydrogen-bond donors (Lipinski definition) is 1. The van der Waals surface area contributed by atoms with Crippen molar-refractivity contribution >= 4 is 27.5 Å². The Morgan fingerprint density at radius 3 is 2.70 bits per heavy atom. The van der Waals surface area contributed by atoms with Crippen LogP contribution in [0.3, 0.4) is 0 Å². The van der Waals surface area contributed by atoms with Gasteiger partial charge in [-0.3, -0.25) is 4.79 Å². The number of carbonyl (C=O) groups excluding carboxylic acids is 1. The lowest BCUT2D eigenvalue weighted by Crippen LogP contribution is -2.31. The molecule has 1 amide bonds. The van der Waals surface area contributed by atoms with Crippen molar-refractivity contribution in [3.05, 3.63) is 0 Å². The van der Waals surface area contributed by atoms with Gasteiger partial charge in [-0.2, -0.15) is 0 Å². The molecule has 1 saturated heterocycles. The fourth-order valence-corrected chi connectivity index (χ4v) is 3.55. The van der Waals surface area contributed by atoms with Gasteiger partial charge in [-0.15, -0.1) is 0 Å².